The molecule has 1 rings (SSSR count). The molecule has 0 aliphatic rings. The monoisotopic (exact) mass is 322 g/mol. The molecule has 6 heteroatoms. The molecule has 1 aromatic carbocycles. The van der Waals surface area contributed by atoms with Crippen molar-refractivity contribution < 1.29 is 13.9 Å². The Bertz CT molecular complexity index is 388. The van der Waals surface area contributed by atoms with Gasteiger partial charge in [0.15, 0.2) is 0 Å². The molecule has 0 unspecified atom stereocenters. The van der Waals surface area contributed by atoms with Crippen LogP contribution >= 0.6 is 15.9 Å². The molecule has 0 heterocycles. The third-order valence-electron chi connectivity index (χ3n) is 2.57. The van der Waals surface area contributed by atoms with Gasteiger partial charge in [0, 0.05) is 22.7 Å². The van der Waals surface area contributed by atoms with Gasteiger partial charge in [-0.05, 0) is 24.6 Å². The summed E-state index contributed by atoms with van der Waals surface area (Å²) in [4.78, 5) is 1.44. The van der Waals surface area contributed by atoms with Gasteiger partial charge >= 0.3 is 0 Å². The fourth-order valence-corrected chi connectivity index (χ4v) is 2.42. The maximum Gasteiger partial charge on any atom is 0.255 e. The third kappa shape index (κ3) is 4.19. The molecule has 3 nitrogen and oxygen atoms in total. The van der Waals surface area contributed by atoms with Gasteiger partial charge in [-0.2, -0.15) is 0 Å². The van der Waals surface area contributed by atoms with Crippen molar-refractivity contribution in [1.29, 1.82) is 0 Å². The average Bonchev–Trinajstić information content (AvgIpc) is 2.27. The molecule has 0 aromatic heterocycles. The highest BCUT2D eigenvalue weighted by Gasteiger charge is 2.14. The molecule has 0 saturated heterocycles. The quantitative estimate of drug-likeness (QED) is 0.846. The van der Waals surface area contributed by atoms with Crippen molar-refractivity contribution in [2.24, 2.45) is 5.73 Å². The lowest BCUT2D eigenvalue weighted by atomic mass is 10.1. The van der Waals surface area contributed by atoms with E-state index < -0.39 is 13.0 Å². The first-order chi connectivity index (χ1) is 8.45. The summed E-state index contributed by atoms with van der Waals surface area (Å²) < 4.78 is 25.7. The molecule has 0 radical (unpaired) electrons. The van der Waals surface area contributed by atoms with Crippen molar-refractivity contribution in [3.8, 4) is 0 Å². The highest BCUT2D eigenvalue weighted by Crippen LogP contribution is 2.27. The van der Waals surface area contributed by atoms with E-state index in [1.165, 1.54) is 4.90 Å². The molecule has 1 aromatic rings. The number of alkyl halides is 2. The van der Waals surface area contributed by atoms with Crippen LogP contribution in [0.4, 0.5) is 14.5 Å². The number of nitrogens with zero attached hydrogens (tertiary/aromatic N) is 1. The van der Waals surface area contributed by atoms with Crippen LogP contribution in [0.3, 0.4) is 0 Å². The van der Waals surface area contributed by atoms with Gasteiger partial charge in [0.2, 0.25) is 0 Å². The van der Waals surface area contributed by atoms with Gasteiger partial charge in [0.1, 0.15) is 0 Å². The Hall–Kier alpha value is -0.720. The summed E-state index contributed by atoms with van der Waals surface area (Å²) >= 11 is 3.38. The van der Waals surface area contributed by atoms with Crippen LogP contribution < -0.4 is 10.6 Å². The normalized spacial score (nSPS) is 12.8. The van der Waals surface area contributed by atoms with Gasteiger partial charge in [0.05, 0.1) is 13.2 Å². The summed E-state index contributed by atoms with van der Waals surface area (Å²) in [6.45, 7) is 1.46. The number of benzene rings is 1. The Labute approximate surface area is 114 Å². The van der Waals surface area contributed by atoms with Crippen molar-refractivity contribution >= 4 is 21.6 Å². The van der Waals surface area contributed by atoms with Crippen molar-refractivity contribution in [1.82, 2.24) is 0 Å². The Kier molecular flexibility index (Phi) is 5.98. The second-order valence-electron chi connectivity index (χ2n) is 4.06. The van der Waals surface area contributed by atoms with Gasteiger partial charge in [-0.25, -0.2) is 8.78 Å². The number of aliphatic hydroxyl groups excluding tert-OH is 1. The second-order valence-corrected chi connectivity index (χ2v) is 4.91. The number of anilines is 1. The van der Waals surface area contributed by atoms with E-state index in [9.17, 15) is 8.78 Å². The van der Waals surface area contributed by atoms with Crippen molar-refractivity contribution in [3.63, 3.8) is 0 Å². The van der Waals surface area contributed by atoms with Crippen LogP contribution in [0.1, 0.15) is 18.5 Å². The van der Waals surface area contributed by atoms with Crippen LogP contribution in [0.5, 0.6) is 0 Å². The van der Waals surface area contributed by atoms with Gasteiger partial charge in [-0.3, -0.25) is 0 Å². The standard InChI is InChI=1S/C12H17BrF2N2O/c1-8(16)10-3-2-9(6-11(10)13)17(4-5-18)7-12(14)15/h2-3,6,8,12,18H,4-5,7,16H2,1H3/t8-/m1/s1. The SMILES string of the molecule is C[C@@H](N)c1ccc(N(CCO)CC(F)F)cc1Br. The highest BCUT2D eigenvalue weighted by atomic mass is 79.9. The zero-order chi connectivity index (χ0) is 13.7. The first-order valence-electron chi connectivity index (χ1n) is 5.64. The van der Waals surface area contributed by atoms with Gasteiger partial charge < -0.3 is 15.7 Å². The number of halogens is 3. The Balaban J connectivity index is 2.95. The molecule has 0 fully saturated rings. The molecule has 1 atom stereocenters. The fraction of sp³-hybridized carbons (Fsp3) is 0.500. The number of hydrogen-bond donors (Lipinski definition) is 2. The molecule has 0 spiro atoms. The second kappa shape index (κ2) is 7.01. The number of nitrogens with two attached hydrogens (primary N) is 1. The van der Waals surface area contributed by atoms with Crippen LogP contribution in [-0.2, 0) is 0 Å². The molecule has 102 valence electrons. The van der Waals surface area contributed by atoms with Crippen LogP contribution in [-0.4, -0.2) is 31.2 Å². The smallest absolute Gasteiger partial charge is 0.255 e. The van der Waals surface area contributed by atoms with E-state index in [1.807, 2.05) is 6.92 Å². The van der Waals surface area contributed by atoms with Crippen molar-refractivity contribution in [3.05, 3.63) is 28.2 Å². The molecule has 0 aliphatic heterocycles. The maximum absolute atomic E-state index is 12.4. The zero-order valence-corrected chi connectivity index (χ0v) is 11.7. The summed E-state index contributed by atoms with van der Waals surface area (Å²) in [6.07, 6.45) is -2.44. The maximum atomic E-state index is 12.4. The lowest BCUT2D eigenvalue weighted by molar-refractivity contribution is 0.153. The lowest BCUT2D eigenvalue weighted by Gasteiger charge is -2.24. The van der Waals surface area contributed by atoms with E-state index in [0.29, 0.717) is 5.69 Å². The average molecular weight is 323 g/mol. The summed E-state index contributed by atoms with van der Waals surface area (Å²) in [5.74, 6) is 0. The third-order valence-corrected chi connectivity index (χ3v) is 3.25. The van der Waals surface area contributed by atoms with E-state index in [1.54, 1.807) is 18.2 Å². The summed E-state index contributed by atoms with van der Waals surface area (Å²) in [5, 5.41) is 8.90. The molecule has 0 saturated carbocycles. The largest absolute Gasteiger partial charge is 0.395 e. The first kappa shape index (κ1) is 15.3. The molecular formula is C12H17BrF2N2O. The van der Waals surface area contributed by atoms with Gasteiger partial charge in [0.25, 0.3) is 6.43 Å². The topological polar surface area (TPSA) is 49.5 Å². The Morgan fingerprint density at radius 1 is 1.44 bits per heavy atom. The number of hydrogen-bond acceptors (Lipinski definition) is 3. The van der Waals surface area contributed by atoms with Crippen LogP contribution in [0.2, 0.25) is 0 Å². The highest BCUT2D eigenvalue weighted by molar-refractivity contribution is 9.10. The molecule has 0 amide bonds. The van der Waals surface area contributed by atoms with E-state index in [2.05, 4.69) is 15.9 Å². The van der Waals surface area contributed by atoms with Gasteiger partial charge in [-0.15, -0.1) is 0 Å². The molecule has 0 bridgehead atoms. The van der Waals surface area contributed by atoms with Gasteiger partial charge in [-0.1, -0.05) is 22.0 Å². The number of aliphatic hydroxyl groups is 1. The minimum Gasteiger partial charge on any atom is -0.395 e. The number of rotatable bonds is 6. The van der Waals surface area contributed by atoms with E-state index in [0.717, 1.165) is 10.0 Å². The minimum atomic E-state index is -2.44. The molecule has 3 N–H and O–H groups in total. The van der Waals surface area contributed by atoms with E-state index in [-0.39, 0.29) is 19.2 Å². The molecular weight excluding hydrogens is 306 g/mol. The van der Waals surface area contributed by atoms with Crippen LogP contribution in [0, 0.1) is 0 Å². The Morgan fingerprint density at radius 2 is 2.11 bits per heavy atom. The molecule has 18 heavy (non-hydrogen) atoms. The summed E-state index contributed by atoms with van der Waals surface area (Å²) in [6, 6.07) is 5.16. The summed E-state index contributed by atoms with van der Waals surface area (Å²) in [7, 11) is 0. The Morgan fingerprint density at radius 3 is 2.56 bits per heavy atom. The van der Waals surface area contributed by atoms with Crippen LogP contribution in [0.25, 0.3) is 0 Å². The van der Waals surface area contributed by atoms with E-state index >= 15 is 0 Å². The van der Waals surface area contributed by atoms with Crippen LogP contribution in [0.15, 0.2) is 22.7 Å². The first-order valence-corrected chi connectivity index (χ1v) is 6.44. The lowest BCUT2D eigenvalue weighted by Crippen LogP contribution is -2.31. The van der Waals surface area contributed by atoms with Crippen molar-refractivity contribution in [2.75, 3.05) is 24.6 Å². The zero-order valence-electron chi connectivity index (χ0n) is 10.1. The minimum absolute atomic E-state index is 0.130. The predicted molar refractivity (Wildman–Crippen MR) is 72.0 cm³/mol. The van der Waals surface area contributed by atoms with E-state index in [4.69, 9.17) is 10.8 Å². The molecule has 0 aliphatic carbocycles. The summed E-state index contributed by atoms with van der Waals surface area (Å²) in [5.41, 5.74) is 7.33. The van der Waals surface area contributed by atoms with Crippen molar-refractivity contribution in [2.45, 2.75) is 19.4 Å². The fourth-order valence-electron chi connectivity index (χ4n) is 1.70. The predicted octanol–water partition coefficient (Wildman–Crippen LogP) is 2.53.